The molecule has 1 aliphatic rings. The van der Waals surface area contributed by atoms with Gasteiger partial charge in [0.25, 0.3) is 11.5 Å². The lowest BCUT2D eigenvalue weighted by molar-refractivity contribution is -0.641. The largest absolute Gasteiger partial charge is 0.594 e. The minimum atomic E-state index is -0.755. The van der Waals surface area contributed by atoms with Gasteiger partial charge in [-0.2, -0.15) is 0 Å². The van der Waals surface area contributed by atoms with Gasteiger partial charge in [0.15, 0.2) is 0 Å². The highest BCUT2D eigenvalue weighted by Gasteiger charge is 2.23. The summed E-state index contributed by atoms with van der Waals surface area (Å²) in [4.78, 5) is 30.0. The molecule has 2 aromatic carbocycles. The Kier molecular flexibility index (Phi) is 7.02. The van der Waals surface area contributed by atoms with Crippen LogP contribution >= 0.6 is 11.6 Å². The van der Waals surface area contributed by atoms with E-state index < -0.39 is 17.9 Å². The van der Waals surface area contributed by atoms with E-state index >= 15 is 0 Å². The summed E-state index contributed by atoms with van der Waals surface area (Å²) < 4.78 is 24.1. The van der Waals surface area contributed by atoms with E-state index in [0.717, 1.165) is 11.6 Å². The van der Waals surface area contributed by atoms with Crippen LogP contribution in [0.15, 0.2) is 54.4 Å². The molecular formula is C22H19ClFN5O5. The van der Waals surface area contributed by atoms with Crippen LogP contribution in [0.1, 0.15) is 18.4 Å². The SMILES string of the molecule is O=C(CCNc1nc2cc(Cl)c(F)cc2[n+]([O-])n1)OC1=CN(C(=O)OCc2ccccc2)CC1. The van der Waals surface area contributed by atoms with Gasteiger partial charge in [-0.3, -0.25) is 9.69 Å². The molecule has 0 bridgehead atoms. The number of anilines is 1. The molecule has 176 valence electrons. The number of fused-ring (bicyclic) bond motifs is 1. The Morgan fingerprint density at radius 1 is 1.26 bits per heavy atom. The predicted octanol–water partition coefficient (Wildman–Crippen LogP) is 3.28. The highest BCUT2D eigenvalue weighted by atomic mass is 35.5. The zero-order valence-corrected chi connectivity index (χ0v) is 18.5. The van der Waals surface area contributed by atoms with E-state index in [9.17, 15) is 19.2 Å². The van der Waals surface area contributed by atoms with E-state index in [4.69, 9.17) is 21.1 Å². The average Bonchev–Trinajstić information content (AvgIpc) is 3.28. The second kappa shape index (κ2) is 10.3. The number of carbonyl (C=O) groups is 2. The predicted molar refractivity (Wildman–Crippen MR) is 119 cm³/mol. The highest BCUT2D eigenvalue weighted by Crippen LogP contribution is 2.20. The minimum Gasteiger partial charge on any atom is -0.594 e. The second-order valence-corrected chi connectivity index (χ2v) is 7.70. The number of rotatable bonds is 7. The summed E-state index contributed by atoms with van der Waals surface area (Å²) in [6.45, 7) is 0.563. The third-order valence-electron chi connectivity index (χ3n) is 4.83. The van der Waals surface area contributed by atoms with Crippen molar-refractivity contribution in [2.24, 2.45) is 0 Å². The van der Waals surface area contributed by atoms with Gasteiger partial charge in [-0.25, -0.2) is 14.2 Å². The molecule has 2 heterocycles. The first-order valence-electron chi connectivity index (χ1n) is 10.3. The van der Waals surface area contributed by atoms with Crippen LogP contribution in [0, 0.1) is 11.0 Å². The van der Waals surface area contributed by atoms with Crippen molar-refractivity contribution in [3.63, 3.8) is 0 Å². The van der Waals surface area contributed by atoms with E-state index in [2.05, 4.69) is 15.4 Å². The van der Waals surface area contributed by atoms with Crippen molar-refractivity contribution < 1.29 is 28.3 Å². The molecule has 3 aromatic rings. The lowest BCUT2D eigenvalue weighted by Gasteiger charge is -2.12. The van der Waals surface area contributed by atoms with Crippen LogP contribution in [-0.2, 0) is 20.9 Å². The lowest BCUT2D eigenvalue weighted by Crippen LogP contribution is -2.34. The van der Waals surface area contributed by atoms with Crippen molar-refractivity contribution in [1.82, 2.24) is 15.0 Å². The van der Waals surface area contributed by atoms with Crippen molar-refractivity contribution in [1.29, 1.82) is 0 Å². The number of nitrogens with zero attached hydrogens (tertiary/aromatic N) is 4. The Morgan fingerprint density at radius 3 is 2.85 bits per heavy atom. The first-order chi connectivity index (χ1) is 16.4. The first-order valence-corrected chi connectivity index (χ1v) is 10.7. The number of esters is 1. The van der Waals surface area contributed by atoms with Crippen LogP contribution < -0.4 is 10.2 Å². The molecule has 0 fully saturated rings. The Bertz CT molecular complexity index is 1260. The molecule has 1 amide bonds. The molecule has 1 aliphatic heterocycles. The number of nitrogens with one attached hydrogen (secondary N) is 1. The summed E-state index contributed by atoms with van der Waals surface area (Å²) >= 11 is 5.73. The van der Waals surface area contributed by atoms with Crippen LogP contribution in [0.2, 0.25) is 5.02 Å². The topological polar surface area (TPSA) is 121 Å². The van der Waals surface area contributed by atoms with Gasteiger partial charge >= 0.3 is 12.1 Å². The molecule has 1 N–H and O–H groups in total. The summed E-state index contributed by atoms with van der Waals surface area (Å²) in [5, 5.41) is 18.2. The Hall–Kier alpha value is -3.99. The van der Waals surface area contributed by atoms with Gasteiger partial charge in [0.05, 0.1) is 22.6 Å². The van der Waals surface area contributed by atoms with Crippen molar-refractivity contribution in [3.05, 3.63) is 76.0 Å². The molecule has 1 aromatic heterocycles. The number of hydrogen-bond acceptors (Lipinski definition) is 8. The standard InChI is InChI=1S/C22H19ClFN5O5/c23-16-10-18-19(11-17(16)24)29(32)27-21(26-18)25-8-6-20(30)34-15-7-9-28(12-15)22(31)33-13-14-4-2-1-3-5-14/h1-5,10-12H,6-9,13H2,(H,25,26,27). The average molecular weight is 488 g/mol. The van der Waals surface area contributed by atoms with E-state index in [0.29, 0.717) is 18.7 Å². The second-order valence-electron chi connectivity index (χ2n) is 7.29. The summed E-state index contributed by atoms with van der Waals surface area (Å²) in [6.07, 6.45) is 1.23. The van der Waals surface area contributed by atoms with E-state index in [1.807, 2.05) is 30.3 Å². The zero-order valence-electron chi connectivity index (χ0n) is 17.7. The van der Waals surface area contributed by atoms with E-state index in [-0.39, 0.29) is 46.4 Å². The van der Waals surface area contributed by atoms with Gasteiger partial charge in [0.2, 0.25) is 0 Å². The Balaban J connectivity index is 1.25. The fourth-order valence-electron chi connectivity index (χ4n) is 3.15. The van der Waals surface area contributed by atoms with Crippen LogP contribution in [-0.4, -0.2) is 40.1 Å². The van der Waals surface area contributed by atoms with Gasteiger partial charge in [0, 0.05) is 25.7 Å². The number of aromatic nitrogens is 3. The molecule has 0 radical (unpaired) electrons. The zero-order chi connectivity index (χ0) is 24.1. The monoisotopic (exact) mass is 487 g/mol. The van der Waals surface area contributed by atoms with Gasteiger partial charge in [-0.15, -0.1) is 0 Å². The number of halogens is 2. The van der Waals surface area contributed by atoms with Crippen molar-refractivity contribution in [2.75, 3.05) is 18.4 Å². The van der Waals surface area contributed by atoms with Crippen molar-refractivity contribution in [3.8, 4) is 0 Å². The molecule has 12 heteroatoms. The van der Waals surface area contributed by atoms with Gasteiger partial charge < -0.3 is 20.0 Å². The van der Waals surface area contributed by atoms with Gasteiger partial charge in [-0.05, 0) is 16.5 Å². The lowest BCUT2D eigenvalue weighted by atomic mass is 10.2. The molecule has 0 spiro atoms. The number of hydrogen-bond donors (Lipinski definition) is 1. The normalized spacial score (nSPS) is 13.0. The Labute approximate surface area is 198 Å². The van der Waals surface area contributed by atoms with Crippen LogP contribution in [0.3, 0.4) is 0 Å². The van der Waals surface area contributed by atoms with Gasteiger partial charge in [-0.1, -0.05) is 41.9 Å². The molecule has 34 heavy (non-hydrogen) atoms. The fourth-order valence-corrected chi connectivity index (χ4v) is 3.31. The summed E-state index contributed by atoms with van der Waals surface area (Å²) in [5.41, 5.74) is 0.940. The molecule has 0 aliphatic carbocycles. The maximum Gasteiger partial charge on any atom is 0.414 e. The summed E-state index contributed by atoms with van der Waals surface area (Å²) in [7, 11) is 0. The van der Waals surface area contributed by atoms with Crippen LogP contribution in [0.5, 0.6) is 0 Å². The molecule has 0 saturated carbocycles. The molecule has 0 atom stereocenters. The van der Waals surface area contributed by atoms with Crippen LogP contribution in [0.4, 0.5) is 15.1 Å². The summed E-state index contributed by atoms with van der Waals surface area (Å²) in [5.74, 6) is -1.00. The highest BCUT2D eigenvalue weighted by molar-refractivity contribution is 6.31. The fraction of sp³-hybridized carbons (Fsp3) is 0.227. The van der Waals surface area contributed by atoms with Crippen molar-refractivity contribution in [2.45, 2.75) is 19.4 Å². The van der Waals surface area contributed by atoms with Gasteiger partial charge in [0.1, 0.15) is 23.7 Å². The van der Waals surface area contributed by atoms with Crippen molar-refractivity contribution >= 4 is 40.6 Å². The van der Waals surface area contributed by atoms with E-state index in [1.54, 1.807) is 0 Å². The number of carbonyl (C=O) groups excluding carboxylic acids is 2. The summed E-state index contributed by atoms with van der Waals surface area (Å²) in [6, 6.07) is 11.4. The Morgan fingerprint density at radius 2 is 2.06 bits per heavy atom. The maximum absolute atomic E-state index is 13.5. The molecular weight excluding hydrogens is 469 g/mol. The first kappa shape index (κ1) is 23.2. The van der Waals surface area contributed by atoms with Crippen LogP contribution in [0.25, 0.3) is 11.0 Å². The smallest absolute Gasteiger partial charge is 0.414 e. The minimum absolute atomic E-state index is 0.0506. The molecule has 0 unspecified atom stereocenters. The maximum atomic E-state index is 13.5. The third-order valence-corrected chi connectivity index (χ3v) is 5.12. The third kappa shape index (κ3) is 5.67. The molecule has 0 saturated heterocycles. The molecule has 10 nitrogen and oxygen atoms in total. The number of amides is 1. The number of ether oxygens (including phenoxy) is 2. The molecule has 4 rings (SSSR count). The number of benzene rings is 2. The quantitative estimate of drug-likeness (QED) is 0.306. The van der Waals surface area contributed by atoms with E-state index in [1.165, 1.54) is 17.2 Å².